The van der Waals surface area contributed by atoms with E-state index in [0.29, 0.717) is 35.5 Å². The minimum absolute atomic E-state index is 0.0468. The summed E-state index contributed by atoms with van der Waals surface area (Å²) in [6.07, 6.45) is -0.207. The number of halogens is 2. The average Bonchev–Trinajstić information content (AvgIpc) is 3.14. The number of aromatic hydroxyl groups is 1. The summed E-state index contributed by atoms with van der Waals surface area (Å²) in [4.78, 5) is 25.8. The molecule has 0 saturated heterocycles. The van der Waals surface area contributed by atoms with Crippen molar-refractivity contribution >= 4 is 34.0 Å². The normalized spacial score (nSPS) is 13.3. The van der Waals surface area contributed by atoms with Gasteiger partial charge in [-0.1, -0.05) is 94.8 Å². The van der Waals surface area contributed by atoms with Gasteiger partial charge in [-0.05, 0) is 84.5 Å². The van der Waals surface area contributed by atoms with E-state index >= 15 is 0 Å². The number of hydrogen-bond donors (Lipinski definition) is 4. The standard InChI is InChI=1S/C41H40BrFN2O6/c42-31-13-20-36(39(24-31)51-25-29-9-5-2-6-10-29)40(44-33-16-18-35(47)19-17-33)37(21-22-38(48)30-11-14-32(43)15-12-30)41(49)45-34(26-50-27-46)23-28-7-3-1-4-8-28/h1-20,24,27,34,37-38,40,44,47-48H,21-23,25-26H2,(H,45,49)/t34-,37+,38?,40?/m0/s1. The van der Waals surface area contributed by atoms with Crippen LogP contribution >= 0.6 is 15.9 Å². The van der Waals surface area contributed by atoms with E-state index in [1.165, 1.54) is 24.3 Å². The molecule has 5 aromatic carbocycles. The number of carbonyl (C=O) groups is 2. The Morgan fingerprint density at radius 2 is 1.51 bits per heavy atom. The van der Waals surface area contributed by atoms with Crippen molar-refractivity contribution in [3.8, 4) is 11.5 Å². The highest BCUT2D eigenvalue weighted by molar-refractivity contribution is 9.10. The van der Waals surface area contributed by atoms with E-state index in [1.54, 1.807) is 24.3 Å². The number of phenols is 1. The molecule has 2 unspecified atom stereocenters. The molecular formula is C41H40BrFN2O6. The topological polar surface area (TPSA) is 117 Å². The molecule has 5 aromatic rings. The van der Waals surface area contributed by atoms with Crippen LogP contribution in [0.4, 0.5) is 10.1 Å². The molecule has 0 aliphatic heterocycles. The Morgan fingerprint density at radius 1 is 0.843 bits per heavy atom. The van der Waals surface area contributed by atoms with Crippen LogP contribution in [0.2, 0.25) is 0 Å². The summed E-state index contributed by atoms with van der Waals surface area (Å²) in [7, 11) is 0. The lowest BCUT2D eigenvalue weighted by molar-refractivity contribution is -0.132. The van der Waals surface area contributed by atoms with Gasteiger partial charge in [0.2, 0.25) is 5.91 Å². The largest absolute Gasteiger partial charge is 0.508 e. The van der Waals surface area contributed by atoms with Gasteiger partial charge in [0.25, 0.3) is 6.47 Å². The van der Waals surface area contributed by atoms with Crippen LogP contribution in [-0.2, 0) is 27.4 Å². The zero-order valence-electron chi connectivity index (χ0n) is 27.8. The highest BCUT2D eigenvalue weighted by Gasteiger charge is 2.34. The third kappa shape index (κ3) is 11.2. The van der Waals surface area contributed by atoms with Gasteiger partial charge in [0, 0.05) is 15.7 Å². The highest BCUT2D eigenvalue weighted by Crippen LogP contribution is 2.39. The number of ether oxygens (including phenoxy) is 2. The van der Waals surface area contributed by atoms with E-state index in [4.69, 9.17) is 9.47 Å². The summed E-state index contributed by atoms with van der Waals surface area (Å²) < 4.78 is 26.0. The fourth-order valence-corrected chi connectivity index (χ4v) is 6.25. The number of anilines is 1. The van der Waals surface area contributed by atoms with Crippen molar-refractivity contribution in [1.29, 1.82) is 0 Å². The van der Waals surface area contributed by atoms with Gasteiger partial charge in [-0.25, -0.2) is 4.39 Å². The van der Waals surface area contributed by atoms with Crippen LogP contribution in [0.15, 0.2) is 132 Å². The first-order chi connectivity index (χ1) is 24.8. The van der Waals surface area contributed by atoms with Crippen molar-refractivity contribution in [1.82, 2.24) is 5.32 Å². The molecule has 0 radical (unpaired) electrons. The molecule has 4 N–H and O–H groups in total. The molecule has 5 rings (SSSR count). The molecule has 0 aliphatic rings. The molecule has 0 fully saturated rings. The van der Waals surface area contributed by atoms with Crippen molar-refractivity contribution in [2.75, 3.05) is 11.9 Å². The van der Waals surface area contributed by atoms with Crippen molar-refractivity contribution < 1.29 is 33.7 Å². The second-order valence-corrected chi connectivity index (χ2v) is 13.1. The van der Waals surface area contributed by atoms with Crippen LogP contribution in [0.5, 0.6) is 11.5 Å². The fourth-order valence-electron chi connectivity index (χ4n) is 5.91. The summed E-state index contributed by atoms with van der Waals surface area (Å²) in [5, 5.41) is 27.9. The second kappa shape index (κ2) is 18.7. The van der Waals surface area contributed by atoms with Crippen molar-refractivity contribution in [3.05, 3.63) is 160 Å². The lowest BCUT2D eigenvalue weighted by Gasteiger charge is -2.32. The minimum Gasteiger partial charge on any atom is -0.508 e. The van der Waals surface area contributed by atoms with E-state index in [0.717, 1.165) is 15.6 Å². The average molecular weight is 756 g/mol. The molecule has 0 aliphatic carbocycles. The Hall–Kier alpha value is -5.19. The van der Waals surface area contributed by atoms with Crippen LogP contribution in [0.3, 0.4) is 0 Å². The zero-order valence-corrected chi connectivity index (χ0v) is 29.4. The Kier molecular flexibility index (Phi) is 13.6. The van der Waals surface area contributed by atoms with Gasteiger partial charge in [0.1, 0.15) is 30.5 Å². The van der Waals surface area contributed by atoms with Gasteiger partial charge < -0.3 is 30.3 Å². The van der Waals surface area contributed by atoms with Crippen molar-refractivity contribution in [2.24, 2.45) is 5.92 Å². The molecule has 4 atom stereocenters. The number of aliphatic hydroxyl groups is 1. The van der Waals surface area contributed by atoms with E-state index < -0.39 is 29.9 Å². The Morgan fingerprint density at radius 3 is 2.18 bits per heavy atom. The van der Waals surface area contributed by atoms with Crippen LogP contribution in [0.25, 0.3) is 0 Å². The SMILES string of the molecule is O=COC[C@H](Cc1ccccc1)NC(=O)[C@H](CCC(O)c1ccc(F)cc1)C(Nc1ccc(O)cc1)c1ccc(Br)cc1OCc1ccccc1. The minimum atomic E-state index is -0.979. The van der Waals surface area contributed by atoms with E-state index in [2.05, 4.69) is 26.6 Å². The number of hydrogen-bond acceptors (Lipinski definition) is 7. The molecule has 0 saturated carbocycles. The first-order valence-corrected chi connectivity index (χ1v) is 17.4. The number of carbonyl (C=O) groups excluding carboxylic acids is 2. The fraction of sp³-hybridized carbons (Fsp3) is 0.220. The third-order valence-corrected chi connectivity index (χ3v) is 9.01. The van der Waals surface area contributed by atoms with E-state index in [1.807, 2.05) is 78.9 Å². The first kappa shape index (κ1) is 37.1. The molecule has 264 valence electrons. The number of phenolic OH excluding ortho intramolecular Hbond substituents is 1. The lowest BCUT2D eigenvalue weighted by atomic mass is 9.85. The summed E-state index contributed by atoms with van der Waals surface area (Å²) in [6.45, 7) is 0.585. The molecule has 51 heavy (non-hydrogen) atoms. The van der Waals surface area contributed by atoms with Gasteiger partial charge in [0.05, 0.1) is 24.1 Å². The first-order valence-electron chi connectivity index (χ1n) is 16.6. The number of nitrogens with one attached hydrogen (secondary N) is 2. The Labute approximate surface area is 305 Å². The summed E-state index contributed by atoms with van der Waals surface area (Å²) in [5.41, 5.74) is 3.75. The lowest BCUT2D eigenvalue weighted by Crippen LogP contribution is -2.45. The molecule has 1 amide bonds. The molecule has 0 aromatic heterocycles. The van der Waals surface area contributed by atoms with Crippen LogP contribution in [0, 0.1) is 11.7 Å². The van der Waals surface area contributed by atoms with E-state index in [-0.39, 0.29) is 37.7 Å². The zero-order chi connectivity index (χ0) is 36.0. The highest BCUT2D eigenvalue weighted by atomic mass is 79.9. The van der Waals surface area contributed by atoms with Gasteiger partial charge in [-0.3, -0.25) is 9.59 Å². The van der Waals surface area contributed by atoms with Crippen LogP contribution in [0.1, 0.15) is 47.2 Å². The maximum atomic E-state index is 14.6. The van der Waals surface area contributed by atoms with Crippen molar-refractivity contribution in [2.45, 2.75) is 44.1 Å². The van der Waals surface area contributed by atoms with Gasteiger partial charge in [-0.15, -0.1) is 0 Å². The molecule has 0 heterocycles. The monoisotopic (exact) mass is 754 g/mol. The molecular weight excluding hydrogens is 715 g/mol. The van der Waals surface area contributed by atoms with Crippen LogP contribution in [-0.4, -0.2) is 35.2 Å². The number of rotatable bonds is 18. The molecule has 10 heteroatoms. The van der Waals surface area contributed by atoms with E-state index in [9.17, 15) is 24.2 Å². The molecule has 8 nitrogen and oxygen atoms in total. The maximum absolute atomic E-state index is 14.6. The number of benzene rings is 5. The second-order valence-electron chi connectivity index (χ2n) is 12.2. The third-order valence-electron chi connectivity index (χ3n) is 8.52. The summed E-state index contributed by atoms with van der Waals surface area (Å²) in [5.74, 6) is -0.954. The van der Waals surface area contributed by atoms with Gasteiger partial charge in [-0.2, -0.15) is 0 Å². The number of amides is 1. The molecule has 0 spiro atoms. The quantitative estimate of drug-likeness (QED) is 0.0528. The Bertz CT molecular complexity index is 1830. The Balaban J connectivity index is 1.53. The van der Waals surface area contributed by atoms with Gasteiger partial charge in [0.15, 0.2) is 0 Å². The summed E-state index contributed by atoms with van der Waals surface area (Å²) in [6, 6.07) is 35.8. The van der Waals surface area contributed by atoms with Crippen molar-refractivity contribution in [3.63, 3.8) is 0 Å². The number of aliphatic hydroxyl groups excluding tert-OH is 1. The molecule has 0 bridgehead atoms. The predicted octanol–water partition coefficient (Wildman–Crippen LogP) is 8.06. The van der Waals surface area contributed by atoms with Crippen LogP contribution < -0.4 is 15.4 Å². The maximum Gasteiger partial charge on any atom is 0.293 e. The summed E-state index contributed by atoms with van der Waals surface area (Å²) >= 11 is 3.57. The predicted molar refractivity (Wildman–Crippen MR) is 198 cm³/mol. The smallest absolute Gasteiger partial charge is 0.293 e. The van der Waals surface area contributed by atoms with Gasteiger partial charge >= 0.3 is 0 Å².